The predicted molar refractivity (Wildman–Crippen MR) is 101 cm³/mol. The van der Waals surface area contributed by atoms with E-state index >= 15 is 0 Å². The van der Waals surface area contributed by atoms with E-state index in [-0.39, 0.29) is 0 Å². The van der Waals surface area contributed by atoms with Crippen LogP contribution in [0.1, 0.15) is 71.6 Å². The number of rotatable bonds is 13. The van der Waals surface area contributed by atoms with Gasteiger partial charge in [-0.3, -0.25) is 0 Å². The lowest BCUT2D eigenvalue weighted by Crippen LogP contribution is -2.37. The van der Waals surface area contributed by atoms with Gasteiger partial charge in [0, 0.05) is 0 Å². The summed E-state index contributed by atoms with van der Waals surface area (Å²) in [4.78, 5) is 0. The molecule has 0 saturated carbocycles. The van der Waals surface area contributed by atoms with Gasteiger partial charge in [-0.05, 0) is 30.8 Å². The molecule has 0 amide bonds. The highest BCUT2D eigenvalue weighted by atomic mass is 28.4. The number of unbranched alkanes of at least 4 members (excludes halogenated alkanes) is 7. The maximum Gasteiger partial charge on any atom is 0.248 e. The van der Waals surface area contributed by atoms with Gasteiger partial charge >= 0.3 is 0 Å². The molecule has 0 aliphatic carbocycles. The van der Waals surface area contributed by atoms with Crippen molar-refractivity contribution in [3.8, 4) is 5.75 Å². The molecule has 0 aliphatic heterocycles. The van der Waals surface area contributed by atoms with E-state index in [0.29, 0.717) is 0 Å². The molecule has 0 N–H and O–H groups in total. The molecule has 0 saturated heterocycles. The van der Waals surface area contributed by atoms with Crippen molar-refractivity contribution in [2.45, 2.75) is 90.3 Å². The highest BCUT2D eigenvalue weighted by Gasteiger charge is 2.29. The Morgan fingerprint density at radius 3 is 1.91 bits per heavy atom. The van der Waals surface area contributed by atoms with E-state index in [0.717, 1.165) is 5.75 Å². The zero-order valence-electron chi connectivity index (χ0n) is 15.1. The standard InChI is InChI=1S/C20H36OSi/c1-4-6-7-8-9-10-11-15-19-22(3,18-5-2)21-20-16-13-12-14-17-20/h12-14,16-17H,4-11,15,18-19H2,1-3H3. The van der Waals surface area contributed by atoms with Crippen LogP contribution in [0.15, 0.2) is 30.3 Å². The second-order valence-corrected chi connectivity index (χ2v) is 10.9. The van der Waals surface area contributed by atoms with Crippen molar-refractivity contribution in [2.75, 3.05) is 0 Å². The molecule has 2 heteroatoms. The first-order valence-electron chi connectivity index (χ1n) is 9.44. The van der Waals surface area contributed by atoms with Gasteiger partial charge in [0.25, 0.3) is 0 Å². The van der Waals surface area contributed by atoms with Crippen molar-refractivity contribution in [1.29, 1.82) is 0 Å². The molecule has 0 bridgehead atoms. The first-order valence-corrected chi connectivity index (χ1v) is 12.3. The first kappa shape index (κ1) is 19.3. The molecule has 1 atom stereocenters. The Bertz CT molecular complexity index is 365. The zero-order chi connectivity index (χ0) is 16.1. The predicted octanol–water partition coefficient (Wildman–Crippen LogP) is 7.19. The quantitative estimate of drug-likeness (QED) is 0.276. The van der Waals surface area contributed by atoms with Gasteiger partial charge in [-0.25, -0.2) is 0 Å². The third-order valence-electron chi connectivity index (χ3n) is 4.45. The average Bonchev–Trinajstić information content (AvgIpc) is 2.51. The molecule has 1 unspecified atom stereocenters. The topological polar surface area (TPSA) is 9.23 Å². The Labute approximate surface area is 139 Å². The van der Waals surface area contributed by atoms with E-state index < -0.39 is 8.32 Å². The molecule has 0 radical (unpaired) electrons. The number of hydrogen-bond donors (Lipinski definition) is 0. The van der Waals surface area contributed by atoms with Gasteiger partial charge in [0.1, 0.15) is 5.75 Å². The smallest absolute Gasteiger partial charge is 0.248 e. The monoisotopic (exact) mass is 320 g/mol. The summed E-state index contributed by atoms with van der Waals surface area (Å²) in [6, 6.07) is 13.0. The minimum absolute atomic E-state index is 1.07. The Kier molecular flexibility index (Phi) is 10.3. The fourth-order valence-electron chi connectivity index (χ4n) is 3.16. The van der Waals surface area contributed by atoms with Gasteiger partial charge in [-0.1, -0.05) is 89.8 Å². The van der Waals surface area contributed by atoms with Crippen LogP contribution in [-0.2, 0) is 0 Å². The maximum absolute atomic E-state index is 6.44. The van der Waals surface area contributed by atoms with Crippen LogP contribution in [0.25, 0.3) is 0 Å². The minimum Gasteiger partial charge on any atom is -0.544 e. The van der Waals surface area contributed by atoms with Crippen molar-refractivity contribution in [3.05, 3.63) is 30.3 Å². The molecule has 1 rings (SSSR count). The largest absolute Gasteiger partial charge is 0.544 e. The fraction of sp³-hybridized carbons (Fsp3) is 0.700. The molecular weight excluding hydrogens is 284 g/mol. The molecule has 126 valence electrons. The molecule has 0 spiro atoms. The van der Waals surface area contributed by atoms with Crippen LogP contribution in [0, 0.1) is 0 Å². The number of para-hydroxylation sites is 1. The van der Waals surface area contributed by atoms with Gasteiger partial charge in [-0.15, -0.1) is 0 Å². The van der Waals surface area contributed by atoms with Crippen LogP contribution in [0.4, 0.5) is 0 Å². The van der Waals surface area contributed by atoms with Crippen LogP contribution in [-0.4, -0.2) is 8.32 Å². The summed E-state index contributed by atoms with van der Waals surface area (Å²) in [5.41, 5.74) is 0. The molecule has 1 nitrogen and oxygen atoms in total. The van der Waals surface area contributed by atoms with Crippen LogP contribution in [0.2, 0.25) is 18.6 Å². The van der Waals surface area contributed by atoms with Crippen molar-refractivity contribution in [1.82, 2.24) is 0 Å². The summed E-state index contributed by atoms with van der Waals surface area (Å²) < 4.78 is 6.44. The van der Waals surface area contributed by atoms with Crippen LogP contribution in [0.5, 0.6) is 5.75 Å². The molecular formula is C20H36OSi. The second kappa shape index (κ2) is 11.8. The molecule has 0 aromatic heterocycles. The van der Waals surface area contributed by atoms with E-state index in [4.69, 9.17) is 4.43 Å². The summed E-state index contributed by atoms with van der Waals surface area (Å²) >= 11 is 0. The number of benzene rings is 1. The average molecular weight is 321 g/mol. The van der Waals surface area contributed by atoms with E-state index in [9.17, 15) is 0 Å². The third-order valence-corrected chi connectivity index (χ3v) is 8.14. The highest BCUT2D eigenvalue weighted by Crippen LogP contribution is 2.26. The zero-order valence-corrected chi connectivity index (χ0v) is 16.1. The Balaban J connectivity index is 2.25. The first-order chi connectivity index (χ1) is 10.7. The summed E-state index contributed by atoms with van der Waals surface area (Å²) in [6.07, 6.45) is 12.4. The third kappa shape index (κ3) is 8.62. The normalized spacial score (nSPS) is 13.8. The van der Waals surface area contributed by atoms with E-state index in [1.165, 1.54) is 69.9 Å². The number of hydrogen-bond acceptors (Lipinski definition) is 1. The molecule has 22 heavy (non-hydrogen) atoms. The van der Waals surface area contributed by atoms with Gasteiger partial charge < -0.3 is 4.43 Å². The van der Waals surface area contributed by atoms with Crippen LogP contribution < -0.4 is 4.43 Å². The fourth-order valence-corrected chi connectivity index (χ4v) is 6.38. The molecule has 0 heterocycles. The molecule has 1 aromatic carbocycles. The SMILES string of the molecule is CCCCCCCCCC[Si](C)(CCC)Oc1ccccc1. The van der Waals surface area contributed by atoms with Crippen LogP contribution >= 0.6 is 0 Å². The molecule has 1 aromatic rings. The Hall–Kier alpha value is -0.763. The lowest BCUT2D eigenvalue weighted by atomic mass is 10.1. The van der Waals surface area contributed by atoms with E-state index in [1.807, 2.05) is 0 Å². The molecule has 0 fully saturated rings. The van der Waals surface area contributed by atoms with Gasteiger partial charge in [0.2, 0.25) is 8.32 Å². The summed E-state index contributed by atoms with van der Waals surface area (Å²) in [6.45, 7) is 6.99. The lowest BCUT2D eigenvalue weighted by Gasteiger charge is -2.28. The minimum atomic E-state index is -1.57. The highest BCUT2D eigenvalue weighted by molar-refractivity contribution is 6.73. The van der Waals surface area contributed by atoms with Crippen molar-refractivity contribution in [3.63, 3.8) is 0 Å². The Morgan fingerprint density at radius 1 is 0.727 bits per heavy atom. The second-order valence-electron chi connectivity index (χ2n) is 6.84. The van der Waals surface area contributed by atoms with E-state index in [1.54, 1.807) is 0 Å². The van der Waals surface area contributed by atoms with Crippen molar-refractivity contribution < 1.29 is 4.43 Å². The van der Waals surface area contributed by atoms with Gasteiger partial charge in [0.05, 0.1) is 0 Å². The van der Waals surface area contributed by atoms with Crippen molar-refractivity contribution >= 4 is 8.32 Å². The van der Waals surface area contributed by atoms with Crippen LogP contribution in [0.3, 0.4) is 0 Å². The lowest BCUT2D eigenvalue weighted by molar-refractivity contribution is 0.522. The molecule has 0 aliphatic rings. The van der Waals surface area contributed by atoms with E-state index in [2.05, 4.69) is 50.7 Å². The van der Waals surface area contributed by atoms with Crippen molar-refractivity contribution in [2.24, 2.45) is 0 Å². The summed E-state index contributed by atoms with van der Waals surface area (Å²) in [7, 11) is -1.57. The maximum atomic E-state index is 6.44. The Morgan fingerprint density at radius 2 is 1.32 bits per heavy atom. The summed E-state index contributed by atoms with van der Waals surface area (Å²) in [5, 5.41) is 0. The van der Waals surface area contributed by atoms with Gasteiger partial charge in [0.15, 0.2) is 0 Å². The summed E-state index contributed by atoms with van der Waals surface area (Å²) in [5.74, 6) is 1.07. The van der Waals surface area contributed by atoms with Gasteiger partial charge in [-0.2, -0.15) is 0 Å².